The Balaban J connectivity index is 1.82. The minimum atomic E-state index is -0.905. The van der Waals surface area contributed by atoms with Gasteiger partial charge in [0.2, 0.25) is 5.95 Å². The summed E-state index contributed by atoms with van der Waals surface area (Å²) in [7, 11) is 0. The quantitative estimate of drug-likeness (QED) is 0.683. The van der Waals surface area contributed by atoms with Gasteiger partial charge in [0.25, 0.3) is 0 Å². The molecule has 1 heterocycles. The molecule has 134 valence electrons. The molecular weight excluding hydrogens is 334 g/mol. The predicted octanol–water partition coefficient (Wildman–Crippen LogP) is 4.91. The summed E-state index contributed by atoms with van der Waals surface area (Å²) >= 11 is 0. The Morgan fingerprint density at radius 2 is 1.77 bits per heavy atom. The number of rotatable bonds is 6. The number of aromatic nitrogens is 2. The van der Waals surface area contributed by atoms with E-state index in [4.69, 9.17) is 0 Å². The van der Waals surface area contributed by atoms with Gasteiger partial charge < -0.3 is 10.2 Å². The van der Waals surface area contributed by atoms with Gasteiger partial charge in [-0.05, 0) is 37.6 Å². The number of halogens is 2. The van der Waals surface area contributed by atoms with E-state index in [1.807, 2.05) is 18.2 Å². The molecule has 0 unspecified atom stereocenters. The summed E-state index contributed by atoms with van der Waals surface area (Å²) in [5, 5.41) is 2.99. The SMILES string of the molecule is CC(C)N(Cc1ccccc1)c1nccc(Nc2ccc(F)c(F)c2)n1. The standard InChI is InChI=1S/C20H20F2N4/c1-14(2)26(13-15-6-4-3-5-7-15)20-23-11-10-19(25-20)24-16-8-9-17(21)18(22)12-16/h3-12,14H,13H2,1-2H3,(H,23,24,25). The molecular formula is C20H20F2N4. The van der Waals surface area contributed by atoms with Crippen LogP contribution in [-0.2, 0) is 6.54 Å². The van der Waals surface area contributed by atoms with E-state index < -0.39 is 11.6 Å². The Kier molecular flexibility index (Phi) is 5.41. The van der Waals surface area contributed by atoms with Crippen LogP contribution < -0.4 is 10.2 Å². The third kappa shape index (κ3) is 4.33. The molecule has 1 N–H and O–H groups in total. The van der Waals surface area contributed by atoms with Crippen LogP contribution in [0.2, 0.25) is 0 Å². The fourth-order valence-corrected chi connectivity index (χ4v) is 2.54. The van der Waals surface area contributed by atoms with Gasteiger partial charge in [0.05, 0.1) is 0 Å². The molecule has 0 spiro atoms. The van der Waals surface area contributed by atoms with Crippen molar-refractivity contribution in [3.8, 4) is 0 Å². The maximum atomic E-state index is 13.4. The molecule has 3 aromatic rings. The second kappa shape index (κ2) is 7.91. The van der Waals surface area contributed by atoms with Crippen LogP contribution in [0.25, 0.3) is 0 Å². The normalized spacial score (nSPS) is 10.8. The smallest absolute Gasteiger partial charge is 0.227 e. The highest BCUT2D eigenvalue weighted by atomic mass is 19.2. The molecule has 6 heteroatoms. The monoisotopic (exact) mass is 354 g/mol. The van der Waals surface area contributed by atoms with E-state index in [9.17, 15) is 8.78 Å². The lowest BCUT2D eigenvalue weighted by Gasteiger charge is -2.27. The van der Waals surface area contributed by atoms with Gasteiger partial charge in [-0.2, -0.15) is 4.98 Å². The number of nitrogens with one attached hydrogen (secondary N) is 1. The third-order valence-corrected chi connectivity index (χ3v) is 3.91. The number of benzene rings is 2. The second-order valence-corrected chi connectivity index (χ2v) is 6.20. The zero-order valence-electron chi connectivity index (χ0n) is 14.7. The molecule has 1 aromatic heterocycles. The summed E-state index contributed by atoms with van der Waals surface area (Å²) in [6.07, 6.45) is 1.64. The van der Waals surface area contributed by atoms with Crippen molar-refractivity contribution in [3.05, 3.63) is 78.0 Å². The minimum Gasteiger partial charge on any atom is -0.340 e. The summed E-state index contributed by atoms with van der Waals surface area (Å²) in [4.78, 5) is 11.0. The molecule has 2 aromatic carbocycles. The Bertz CT molecular complexity index is 869. The summed E-state index contributed by atoms with van der Waals surface area (Å²) in [5.74, 6) is -0.707. The first kappa shape index (κ1) is 17.8. The van der Waals surface area contributed by atoms with Gasteiger partial charge in [0, 0.05) is 30.5 Å². The second-order valence-electron chi connectivity index (χ2n) is 6.20. The van der Waals surface area contributed by atoms with Crippen LogP contribution in [0.5, 0.6) is 0 Å². The van der Waals surface area contributed by atoms with Gasteiger partial charge in [-0.3, -0.25) is 0 Å². The van der Waals surface area contributed by atoms with Gasteiger partial charge in [0.15, 0.2) is 11.6 Å². The molecule has 0 saturated carbocycles. The van der Waals surface area contributed by atoms with Gasteiger partial charge in [0.1, 0.15) is 5.82 Å². The van der Waals surface area contributed by atoms with Crippen molar-refractivity contribution in [2.24, 2.45) is 0 Å². The summed E-state index contributed by atoms with van der Waals surface area (Å²) in [5.41, 5.74) is 1.58. The Labute approximate surface area is 151 Å². The molecule has 4 nitrogen and oxygen atoms in total. The van der Waals surface area contributed by atoms with Crippen molar-refractivity contribution in [1.82, 2.24) is 9.97 Å². The molecule has 0 radical (unpaired) electrons. The first-order valence-electron chi connectivity index (χ1n) is 8.38. The first-order valence-corrected chi connectivity index (χ1v) is 8.38. The lowest BCUT2D eigenvalue weighted by molar-refractivity contribution is 0.509. The Morgan fingerprint density at radius 1 is 1.00 bits per heavy atom. The Morgan fingerprint density at radius 3 is 2.46 bits per heavy atom. The lowest BCUT2D eigenvalue weighted by atomic mass is 10.2. The van der Waals surface area contributed by atoms with Crippen molar-refractivity contribution in [3.63, 3.8) is 0 Å². The molecule has 0 amide bonds. The van der Waals surface area contributed by atoms with Crippen LogP contribution in [0.3, 0.4) is 0 Å². The molecule has 0 fully saturated rings. The van der Waals surface area contributed by atoms with Gasteiger partial charge in [-0.15, -0.1) is 0 Å². The molecule has 26 heavy (non-hydrogen) atoms. The average Bonchev–Trinajstić information content (AvgIpc) is 2.64. The van der Waals surface area contributed by atoms with Gasteiger partial charge >= 0.3 is 0 Å². The summed E-state index contributed by atoms with van der Waals surface area (Å²) in [6, 6.07) is 15.6. The van der Waals surface area contributed by atoms with Crippen molar-refractivity contribution in [1.29, 1.82) is 0 Å². The van der Waals surface area contributed by atoms with Crippen molar-refractivity contribution >= 4 is 17.5 Å². The molecule has 0 saturated heterocycles. The minimum absolute atomic E-state index is 0.189. The topological polar surface area (TPSA) is 41.1 Å². The van der Waals surface area contributed by atoms with Crippen LogP contribution in [-0.4, -0.2) is 16.0 Å². The van der Waals surface area contributed by atoms with Crippen LogP contribution >= 0.6 is 0 Å². The van der Waals surface area contributed by atoms with Crippen molar-refractivity contribution < 1.29 is 8.78 Å². The van der Waals surface area contributed by atoms with Crippen LogP contribution in [0, 0.1) is 11.6 Å². The molecule has 0 aliphatic carbocycles. The fourth-order valence-electron chi connectivity index (χ4n) is 2.54. The first-order chi connectivity index (χ1) is 12.5. The number of anilines is 3. The van der Waals surface area contributed by atoms with E-state index in [0.717, 1.165) is 17.7 Å². The average molecular weight is 354 g/mol. The lowest BCUT2D eigenvalue weighted by Crippen LogP contribution is -2.31. The van der Waals surface area contributed by atoms with Gasteiger partial charge in [-0.1, -0.05) is 30.3 Å². The van der Waals surface area contributed by atoms with E-state index in [1.54, 1.807) is 12.3 Å². The van der Waals surface area contributed by atoms with E-state index in [1.165, 1.54) is 6.07 Å². The summed E-state index contributed by atoms with van der Waals surface area (Å²) < 4.78 is 26.4. The van der Waals surface area contributed by atoms with Crippen LogP contribution in [0.15, 0.2) is 60.8 Å². The summed E-state index contributed by atoms with van der Waals surface area (Å²) in [6.45, 7) is 4.82. The molecule has 0 bridgehead atoms. The molecule has 0 aliphatic heterocycles. The van der Waals surface area contributed by atoms with E-state index in [-0.39, 0.29) is 6.04 Å². The van der Waals surface area contributed by atoms with Crippen molar-refractivity contribution in [2.45, 2.75) is 26.4 Å². The van der Waals surface area contributed by atoms with Crippen LogP contribution in [0.1, 0.15) is 19.4 Å². The highest BCUT2D eigenvalue weighted by molar-refractivity contribution is 5.57. The zero-order valence-corrected chi connectivity index (χ0v) is 14.7. The molecule has 0 atom stereocenters. The maximum Gasteiger partial charge on any atom is 0.227 e. The Hall–Kier alpha value is -3.02. The highest BCUT2D eigenvalue weighted by Gasteiger charge is 2.15. The van der Waals surface area contributed by atoms with Crippen molar-refractivity contribution in [2.75, 3.05) is 10.2 Å². The van der Waals surface area contributed by atoms with E-state index in [2.05, 4.69) is 46.2 Å². The largest absolute Gasteiger partial charge is 0.340 e. The molecule has 3 rings (SSSR count). The van der Waals surface area contributed by atoms with Crippen LogP contribution in [0.4, 0.5) is 26.2 Å². The predicted molar refractivity (Wildman–Crippen MR) is 99.4 cm³/mol. The fraction of sp³-hybridized carbons (Fsp3) is 0.200. The maximum absolute atomic E-state index is 13.4. The zero-order chi connectivity index (χ0) is 18.5. The number of hydrogen-bond donors (Lipinski definition) is 1. The molecule has 0 aliphatic rings. The number of hydrogen-bond acceptors (Lipinski definition) is 4. The van der Waals surface area contributed by atoms with E-state index >= 15 is 0 Å². The van der Waals surface area contributed by atoms with Gasteiger partial charge in [-0.25, -0.2) is 13.8 Å². The third-order valence-electron chi connectivity index (χ3n) is 3.91. The highest BCUT2D eigenvalue weighted by Crippen LogP contribution is 2.21. The van der Waals surface area contributed by atoms with E-state index in [0.29, 0.717) is 24.0 Å². The number of nitrogens with zero attached hydrogens (tertiary/aromatic N) is 3.